The lowest BCUT2D eigenvalue weighted by Crippen LogP contribution is -2.30. The van der Waals surface area contributed by atoms with Crippen LogP contribution in [-0.2, 0) is 24.2 Å². The Morgan fingerprint density at radius 1 is 1.17 bits per heavy atom. The molecule has 0 aliphatic rings. The van der Waals surface area contributed by atoms with E-state index in [1.165, 1.54) is 11.0 Å². The van der Waals surface area contributed by atoms with Gasteiger partial charge in [0.2, 0.25) is 9.84 Å². The molecule has 2 aromatic rings. The smallest absolute Gasteiger partial charge is 0.341 e. The van der Waals surface area contributed by atoms with Gasteiger partial charge in [-0.1, -0.05) is 11.6 Å². The highest BCUT2D eigenvalue weighted by atomic mass is 35.5. The molecular formula is C16H15ClF2N4O5S. The minimum atomic E-state index is -4.72. The van der Waals surface area contributed by atoms with Crippen molar-refractivity contribution in [1.82, 2.24) is 10.2 Å². The highest BCUT2D eigenvalue weighted by Crippen LogP contribution is 2.20. The normalized spacial score (nSPS) is 11.2. The first-order valence-corrected chi connectivity index (χ1v) is 9.80. The van der Waals surface area contributed by atoms with E-state index in [0.29, 0.717) is 5.82 Å². The second-order valence-electron chi connectivity index (χ2n) is 5.61. The lowest BCUT2D eigenvalue weighted by Gasteiger charge is -2.16. The van der Waals surface area contributed by atoms with E-state index in [4.69, 9.17) is 16.3 Å². The number of nitrogens with one attached hydrogen (secondary N) is 1. The van der Waals surface area contributed by atoms with Gasteiger partial charge in [-0.15, -0.1) is 10.2 Å². The molecule has 0 fully saturated rings. The summed E-state index contributed by atoms with van der Waals surface area (Å²) in [6, 6.07) is 7.20. The van der Waals surface area contributed by atoms with Gasteiger partial charge >= 0.3 is 11.7 Å². The summed E-state index contributed by atoms with van der Waals surface area (Å²) in [6.07, 6.45) is 0. The van der Waals surface area contributed by atoms with E-state index in [-0.39, 0.29) is 17.4 Å². The molecule has 0 saturated carbocycles. The van der Waals surface area contributed by atoms with Crippen LogP contribution in [0.15, 0.2) is 41.3 Å². The van der Waals surface area contributed by atoms with Gasteiger partial charge in [-0.3, -0.25) is 9.59 Å². The standard InChI is InChI=1S/C16H15ClF2N4O5S/c1-23(13-7-6-12(17)21-22-13)8-15(25)28-9-14(24)20-10-2-4-11(5-3-10)29(26,27)16(18)19/h2-7,16H,8-9H2,1H3,(H,20,24). The molecular weight excluding hydrogens is 434 g/mol. The molecule has 9 nitrogen and oxygen atoms in total. The lowest BCUT2D eigenvalue weighted by atomic mass is 10.3. The van der Waals surface area contributed by atoms with Crippen molar-refractivity contribution in [3.05, 3.63) is 41.6 Å². The topological polar surface area (TPSA) is 119 Å². The number of hydrogen-bond donors (Lipinski definition) is 1. The van der Waals surface area contributed by atoms with Crippen molar-refractivity contribution < 1.29 is 31.5 Å². The van der Waals surface area contributed by atoms with E-state index in [1.54, 1.807) is 13.1 Å². The van der Waals surface area contributed by atoms with Gasteiger partial charge in [0.25, 0.3) is 5.91 Å². The van der Waals surface area contributed by atoms with Gasteiger partial charge < -0.3 is 15.0 Å². The zero-order chi connectivity index (χ0) is 21.6. The molecule has 0 atom stereocenters. The number of carbonyl (C=O) groups is 2. The summed E-state index contributed by atoms with van der Waals surface area (Å²) in [5.41, 5.74) is 0.146. The molecule has 0 spiro atoms. The first-order chi connectivity index (χ1) is 13.6. The van der Waals surface area contributed by atoms with Gasteiger partial charge in [-0.05, 0) is 36.4 Å². The third kappa shape index (κ3) is 6.32. The third-order valence-corrected chi connectivity index (χ3v) is 5.04. The van der Waals surface area contributed by atoms with E-state index >= 15 is 0 Å². The Morgan fingerprint density at radius 3 is 2.38 bits per heavy atom. The number of benzene rings is 1. The predicted octanol–water partition coefficient (Wildman–Crippen LogP) is 1.74. The molecule has 0 bridgehead atoms. The first-order valence-electron chi connectivity index (χ1n) is 7.87. The minimum absolute atomic E-state index is 0.146. The molecule has 29 heavy (non-hydrogen) atoms. The van der Waals surface area contributed by atoms with E-state index in [9.17, 15) is 26.8 Å². The molecule has 1 amide bonds. The van der Waals surface area contributed by atoms with Crippen LogP contribution in [0.25, 0.3) is 0 Å². The second kappa shape index (κ2) is 9.56. The maximum absolute atomic E-state index is 12.5. The second-order valence-corrected chi connectivity index (χ2v) is 7.91. The Balaban J connectivity index is 1.83. The minimum Gasteiger partial charge on any atom is -0.454 e. The number of likely N-dealkylation sites (N-methyl/N-ethyl adjacent to an activating group) is 1. The quantitative estimate of drug-likeness (QED) is 0.607. The SMILES string of the molecule is CN(CC(=O)OCC(=O)Nc1ccc(S(=O)(=O)C(F)F)cc1)c1ccc(Cl)nn1. The number of halogens is 3. The van der Waals surface area contributed by atoms with Crippen LogP contribution in [0, 0.1) is 0 Å². The largest absolute Gasteiger partial charge is 0.454 e. The molecule has 0 aliphatic heterocycles. The Labute approximate surface area is 169 Å². The van der Waals surface area contributed by atoms with Crippen molar-refractivity contribution in [3.63, 3.8) is 0 Å². The molecule has 0 unspecified atom stereocenters. The lowest BCUT2D eigenvalue weighted by molar-refractivity contribution is -0.145. The van der Waals surface area contributed by atoms with Crippen LogP contribution in [0.2, 0.25) is 5.15 Å². The third-order valence-electron chi connectivity index (χ3n) is 3.44. The monoisotopic (exact) mass is 448 g/mol. The number of esters is 1. The molecule has 2 rings (SSSR count). The van der Waals surface area contributed by atoms with Gasteiger partial charge in [0, 0.05) is 12.7 Å². The number of sulfone groups is 1. The summed E-state index contributed by atoms with van der Waals surface area (Å²) in [7, 11) is -3.15. The number of hydrogen-bond acceptors (Lipinski definition) is 8. The fourth-order valence-corrected chi connectivity index (χ4v) is 2.83. The van der Waals surface area contributed by atoms with Crippen molar-refractivity contribution in [2.75, 3.05) is 30.4 Å². The summed E-state index contributed by atoms with van der Waals surface area (Å²) >= 11 is 5.63. The van der Waals surface area contributed by atoms with Gasteiger partial charge in [-0.2, -0.15) is 8.78 Å². The Hall–Kier alpha value is -2.86. The zero-order valence-electron chi connectivity index (χ0n) is 14.9. The maximum atomic E-state index is 12.5. The number of anilines is 2. The Kier molecular flexibility index (Phi) is 7.40. The van der Waals surface area contributed by atoms with Gasteiger partial charge in [0.05, 0.1) is 4.90 Å². The maximum Gasteiger partial charge on any atom is 0.341 e. The average Bonchev–Trinajstić information content (AvgIpc) is 2.67. The highest BCUT2D eigenvalue weighted by molar-refractivity contribution is 7.91. The molecule has 156 valence electrons. The number of aromatic nitrogens is 2. The molecule has 1 heterocycles. The van der Waals surface area contributed by atoms with Crippen LogP contribution in [0.4, 0.5) is 20.3 Å². The average molecular weight is 449 g/mol. The molecule has 0 radical (unpaired) electrons. The van der Waals surface area contributed by atoms with Gasteiger partial charge in [-0.25, -0.2) is 8.42 Å². The highest BCUT2D eigenvalue weighted by Gasteiger charge is 2.26. The van der Waals surface area contributed by atoms with Crippen LogP contribution in [0.5, 0.6) is 0 Å². The van der Waals surface area contributed by atoms with Crippen LogP contribution < -0.4 is 10.2 Å². The van der Waals surface area contributed by atoms with Crippen LogP contribution in [-0.4, -0.2) is 56.4 Å². The molecule has 1 aromatic carbocycles. The van der Waals surface area contributed by atoms with Crippen molar-refractivity contribution >= 4 is 44.8 Å². The first kappa shape index (κ1) is 22.4. The van der Waals surface area contributed by atoms with Crippen molar-refractivity contribution in [3.8, 4) is 0 Å². The zero-order valence-corrected chi connectivity index (χ0v) is 16.5. The summed E-state index contributed by atoms with van der Waals surface area (Å²) in [5.74, 6) is -4.58. The Morgan fingerprint density at radius 2 is 1.83 bits per heavy atom. The molecule has 1 N–H and O–H groups in total. The summed E-state index contributed by atoms with van der Waals surface area (Å²) in [6.45, 7) is -0.806. The number of rotatable bonds is 8. The predicted molar refractivity (Wildman–Crippen MR) is 99.5 cm³/mol. The van der Waals surface area contributed by atoms with E-state index in [0.717, 1.165) is 24.3 Å². The van der Waals surface area contributed by atoms with Crippen molar-refractivity contribution in [1.29, 1.82) is 0 Å². The van der Waals surface area contributed by atoms with Crippen LogP contribution >= 0.6 is 11.6 Å². The number of amides is 1. The fraction of sp³-hybridized carbons (Fsp3) is 0.250. The van der Waals surface area contributed by atoms with Gasteiger partial charge in [0.1, 0.15) is 6.54 Å². The van der Waals surface area contributed by atoms with Crippen molar-refractivity contribution in [2.24, 2.45) is 0 Å². The molecule has 13 heteroatoms. The van der Waals surface area contributed by atoms with Crippen molar-refractivity contribution in [2.45, 2.75) is 10.7 Å². The Bertz CT molecular complexity index is 972. The van der Waals surface area contributed by atoms with Crippen LogP contribution in [0.3, 0.4) is 0 Å². The van der Waals surface area contributed by atoms with E-state index in [1.807, 2.05) is 0 Å². The summed E-state index contributed by atoms with van der Waals surface area (Å²) < 4.78 is 52.5. The van der Waals surface area contributed by atoms with E-state index < -0.39 is 39.0 Å². The molecule has 0 aliphatic carbocycles. The summed E-state index contributed by atoms with van der Waals surface area (Å²) in [4.78, 5) is 24.5. The fourth-order valence-electron chi connectivity index (χ4n) is 2.01. The molecule has 0 saturated heterocycles. The number of alkyl halides is 2. The summed E-state index contributed by atoms with van der Waals surface area (Å²) in [5, 5.41) is 9.97. The molecule has 1 aromatic heterocycles. The van der Waals surface area contributed by atoms with Crippen LogP contribution in [0.1, 0.15) is 0 Å². The van der Waals surface area contributed by atoms with Gasteiger partial charge in [0.15, 0.2) is 17.6 Å². The number of carbonyl (C=O) groups excluding carboxylic acids is 2. The number of ether oxygens (including phenoxy) is 1. The number of nitrogens with zero attached hydrogens (tertiary/aromatic N) is 3. The van der Waals surface area contributed by atoms with E-state index in [2.05, 4.69) is 15.5 Å².